The van der Waals surface area contributed by atoms with Crippen molar-refractivity contribution in [2.45, 2.75) is 24.6 Å². The van der Waals surface area contributed by atoms with Gasteiger partial charge in [0, 0.05) is 25.8 Å². The third-order valence-corrected chi connectivity index (χ3v) is 4.34. The minimum Gasteiger partial charge on any atom is -0.492 e. The molecule has 0 radical (unpaired) electrons. The number of likely N-dealkylation sites (tertiary alicyclic amines) is 1. The zero-order valence-electron chi connectivity index (χ0n) is 11.6. The molecular formula is C15H22N2O2. The Balaban J connectivity index is 1.80. The molecule has 0 saturated carbocycles. The zero-order chi connectivity index (χ0) is 13.2. The van der Waals surface area contributed by atoms with Gasteiger partial charge in [0.15, 0.2) is 0 Å². The van der Waals surface area contributed by atoms with Gasteiger partial charge in [-0.2, -0.15) is 0 Å². The van der Waals surface area contributed by atoms with E-state index in [0.717, 1.165) is 31.9 Å². The van der Waals surface area contributed by atoms with Crippen molar-refractivity contribution in [3.8, 4) is 5.75 Å². The SMILES string of the molecule is CNC1c2ccccc2OCC1N1CCC(OC)C1. The lowest BCUT2D eigenvalue weighted by Gasteiger charge is -2.38. The summed E-state index contributed by atoms with van der Waals surface area (Å²) < 4.78 is 11.4. The number of fused-ring (bicyclic) bond motifs is 1. The molecule has 104 valence electrons. The number of methoxy groups -OCH3 is 1. The first kappa shape index (κ1) is 12.9. The van der Waals surface area contributed by atoms with E-state index in [-0.39, 0.29) is 0 Å². The molecule has 0 aromatic heterocycles. The summed E-state index contributed by atoms with van der Waals surface area (Å²) in [5.41, 5.74) is 1.27. The Morgan fingerprint density at radius 2 is 2.21 bits per heavy atom. The number of benzene rings is 1. The molecule has 2 aliphatic heterocycles. The number of para-hydroxylation sites is 1. The number of likely N-dealkylation sites (N-methyl/N-ethyl adjacent to an activating group) is 1. The molecule has 1 saturated heterocycles. The Labute approximate surface area is 114 Å². The normalized spacial score (nSPS) is 30.9. The average Bonchev–Trinajstić information content (AvgIpc) is 2.94. The molecule has 19 heavy (non-hydrogen) atoms. The summed E-state index contributed by atoms with van der Waals surface area (Å²) >= 11 is 0. The molecule has 0 bridgehead atoms. The summed E-state index contributed by atoms with van der Waals surface area (Å²) in [5.74, 6) is 1.01. The van der Waals surface area contributed by atoms with Crippen molar-refractivity contribution in [3.63, 3.8) is 0 Å². The fourth-order valence-corrected chi connectivity index (χ4v) is 3.26. The number of nitrogens with one attached hydrogen (secondary N) is 1. The minimum atomic E-state index is 0.334. The Morgan fingerprint density at radius 1 is 1.37 bits per heavy atom. The summed E-state index contributed by atoms with van der Waals surface area (Å²) in [7, 11) is 3.83. The summed E-state index contributed by atoms with van der Waals surface area (Å²) in [4.78, 5) is 2.49. The predicted octanol–water partition coefficient (Wildman–Crippen LogP) is 1.43. The van der Waals surface area contributed by atoms with E-state index in [4.69, 9.17) is 9.47 Å². The lowest BCUT2D eigenvalue weighted by Crippen LogP contribution is -2.49. The van der Waals surface area contributed by atoms with E-state index in [0.29, 0.717) is 18.2 Å². The van der Waals surface area contributed by atoms with Gasteiger partial charge in [0.1, 0.15) is 12.4 Å². The quantitative estimate of drug-likeness (QED) is 0.893. The van der Waals surface area contributed by atoms with Gasteiger partial charge >= 0.3 is 0 Å². The maximum Gasteiger partial charge on any atom is 0.124 e. The second kappa shape index (κ2) is 5.49. The van der Waals surface area contributed by atoms with Gasteiger partial charge in [0.05, 0.1) is 18.2 Å². The molecule has 3 rings (SSSR count). The van der Waals surface area contributed by atoms with E-state index >= 15 is 0 Å². The van der Waals surface area contributed by atoms with Crippen LogP contribution in [0.2, 0.25) is 0 Å². The van der Waals surface area contributed by atoms with Gasteiger partial charge in [0.2, 0.25) is 0 Å². The van der Waals surface area contributed by atoms with Crippen LogP contribution in [0.5, 0.6) is 5.75 Å². The molecule has 1 N–H and O–H groups in total. The Hall–Kier alpha value is -1.10. The highest BCUT2D eigenvalue weighted by atomic mass is 16.5. The molecule has 1 fully saturated rings. The fraction of sp³-hybridized carbons (Fsp3) is 0.600. The summed E-state index contributed by atoms with van der Waals surface area (Å²) in [5, 5.41) is 3.46. The van der Waals surface area contributed by atoms with Crippen molar-refractivity contribution in [2.24, 2.45) is 0 Å². The second-order valence-electron chi connectivity index (χ2n) is 5.32. The van der Waals surface area contributed by atoms with Crippen molar-refractivity contribution >= 4 is 0 Å². The van der Waals surface area contributed by atoms with Gasteiger partial charge in [-0.05, 0) is 19.5 Å². The van der Waals surface area contributed by atoms with Gasteiger partial charge in [-0.1, -0.05) is 18.2 Å². The average molecular weight is 262 g/mol. The van der Waals surface area contributed by atoms with Crippen LogP contribution in [0.25, 0.3) is 0 Å². The van der Waals surface area contributed by atoms with Crippen molar-refractivity contribution in [1.29, 1.82) is 0 Å². The Morgan fingerprint density at radius 3 is 2.95 bits per heavy atom. The Bertz CT molecular complexity index is 438. The monoisotopic (exact) mass is 262 g/mol. The maximum absolute atomic E-state index is 5.93. The largest absolute Gasteiger partial charge is 0.492 e. The van der Waals surface area contributed by atoms with Crippen molar-refractivity contribution in [1.82, 2.24) is 10.2 Å². The first-order valence-corrected chi connectivity index (χ1v) is 6.99. The first-order valence-electron chi connectivity index (χ1n) is 6.99. The highest BCUT2D eigenvalue weighted by Crippen LogP contribution is 2.35. The molecule has 3 unspecified atom stereocenters. The Kier molecular flexibility index (Phi) is 3.73. The van der Waals surface area contributed by atoms with Crippen LogP contribution in [0.15, 0.2) is 24.3 Å². The van der Waals surface area contributed by atoms with Crippen LogP contribution in [0.4, 0.5) is 0 Å². The van der Waals surface area contributed by atoms with Crippen LogP contribution in [0, 0.1) is 0 Å². The summed E-state index contributed by atoms with van der Waals surface area (Å²) in [6.45, 7) is 2.84. The van der Waals surface area contributed by atoms with E-state index in [1.54, 1.807) is 7.11 Å². The maximum atomic E-state index is 5.93. The van der Waals surface area contributed by atoms with Crippen LogP contribution in [-0.2, 0) is 4.74 Å². The highest BCUT2D eigenvalue weighted by Gasteiger charge is 2.37. The van der Waals surface area contributed by atoms with Crippen molar-refractivity contribution in [2.75, 3.05) is 33.9 Å². The molecule has 4 nitrogen and oxygen atoms in total. The van der Waals surface area contributed by atoms with Crippen LogP contribution >= 0.6 is 0 Å². The molecule has 1 aromatic rings. The zero-order valence-corrected chi connectivity index (χ0v) is 11.6. The molecule has 3 atom stereocenters. The summed E-state index contributed by atoms with van der Waals surface area (Å²) in [6, 6.07) is 9.05. The van der Waals surface area contributed by atoms with Gasteiger partial charge in [-0.25, -0.2) is 0 Å². The molecule has 1 aromatic carbocycles. The minimum absolute atomic E-state index is 0.334. The number of hydrogen-bond donors (Lipinski definition) is 1. The van der Waals surface area contributed by atoms with Crippen molar-refractivity contribution in [3.05, 3.63) is 29.8 Å². The lowest BCUT2D eigenvalue weighted by atomic mass is 9.95. The van der Waals surface area contributed by atoms with Gasteiger partial charge in [0.25, 0.3) is 0 Å². The van der Waals surface area contributed by atoms with Gasteiger partial charge in [-0.3, -0.25) is 4.90 Å². The molecule has 4 heteroatoms. The second-order valence-corrected chi connectivity index (χ2v) is 5.32. The van der Waals surface area contributed by atoms with Crippen LogP contribution in [0.1, 0.15) is 18.0 Å². The van der Waals surface area contributed by atoms with Crippen molar-refractivity contribution < 1.29 is 9.47 Å². The van der Waals surface area contributed by atoms with E-state index in [9.17, 15) is 0 Å². The van der Waals surface area contributed by atoms with E-state index < -0.39 is 0 Å². The molecule has 0 amide bonds. The predicted molar refractivity (Wildman–Crippen MR) is 74.5 cm³/mol. The molecule has 0 spiro atoms. The third kappa shape index (κ3) is 2.36. The topological polar surface area (TPSA) is 33.7 Å². The number of ether oxygens (including phenoxy) is 2. The standard InChI is InChI=1S/C15H22N2O2/c1-16-15-12-5-3-4-6-14(12)19-10-13(15)17-8-7-11(9-17)18-2/h3-6,11,13,15-16H,7-10H2,1-2H3. The highest BCUT2D eigenvalue weighted by molar-refractivity contribution is 5.38. The lowest BCUT2D eigenvalue weighted by molar-refractivity contribution is 0.0734. The molecule has 0 aliphatic carbocycles. The number of hydrogen-bond acceptors (Lipinski definition) is 4. The smallest absolute Gasteiger partial charge is 0.124 e. The molecule has 2 aliphatic rings. The van der Waals surface area contributed by atoms with Gasteiger partial charge < -0.3 is 14.8 Å². The van der Waals surface area contributed by atoms with Crippen LogP contribution in [-0.4, -0.2) is 50.9 Å². The fourth-order valence-electron chi connectivity index (χ4n) is 3.26. The van der Waals surface area contributed by atoms with Crippen LogP contribution < -0.4 is 10.1 Å². The van der Waals surface area contributed by atoms with E-state index in [2.05, 4.69) is 28.4 Å². The molecular weight excluding hydrogens is 240 g/mol. The molecule has 2 heterocycles. The number of rotatable bonds is 3. The first-order chi connectivity index (χ1) is 9.33. The third-order valence-electron chi connectivity index (χ3n) is 4.34. The number of nitrogens with zero attached hydrogens (tertiary/aromatic N) is 1. The van der Waals surface area contributed by atoms with E-state index in [1.807, 2.05) is 13.1 Å². The van der Waals surface area contributed by atoms with Crippen LogP contribution in [0.3, 0.4) is 0 Å². The van der Waals surface area contributed by atoms with Gasteiger partial charge in [-0.15, -0.1) is 0 Å². The van der Waals surface area contributed by atoms with E-state index in [1.165, 1.54) is 5.56 Å². The summed E-state index contributed by atoms with van der Waals surface area (Å²) in [6.07, 6.45) is 1.49.